The summed E-state index contributed by atoms with van der Waals surface area (Å²) in [5.41, 5.74) is 2.75. The van der Waals surface area contributed by atoms with E-state index in [9.17, 15) is 4.79 Å². The van der Waals surface area contributed by atoms with Gasteiger partial charge in [-0.1, -0.05) is 12.1 Å². The van der Waals surface area contributed by atoms with Crippen molar-refractivity contribution in [2.24, 2.45) is 0 Å². The first-order chi connectivity index (χ1) is 12.0. The van der Waals surface area contributed by atoms with Crippen molar-refractivity contribution >= 4 is 24.0 Å². The second kappa shape index (κ2) is 9.05. The summed E-state index contributed by atoms with van der Waals surface area (Å²) >= 11 is 0. The van der Waals surface area contributed by atoms with Crippen molar-refractivity contribution in [3.63, 3.8) is 0 Å². The molecule has 2 heterocycles. The van der Waals surface area contributed by atoms with Gasteiger partial charge < -0.3 is 15.1 Å². The number of hydrogen-bond donors (Lipinski definition) is 1. The minimum atomic E-state index is -0.0437. The predicted molar refractivity (Wildman–Crippen MR) is 107 cm³/mol. The molecule has 1 fully saturated rings. The van der Waals surface area contributed by atoms with Crippen LogP contribution in [0.25, 0.3) is 0 Å². The fraction of sp³-hybridized carbons (Fsp3) is 0.474. The van der Waals surface area contributed by atoms with Crippen LogP contribution in [0.4, 0.5) is 5.69 Å². The topological polar surface area (TPSA) is 53.4 Å². The maximum atomic E-state index is 12.7. The number of amides is 1. The van der Waals surface area contributed by atoms with Gasteiger partial charge >= 0.3 is 0 Å². The second-order valence-corrected chi connectivity index (χ2v) is 6.91. The number of benzene rings is 1. The van der Waals surface area contributed by atoms with Crippen molar-refractivity contribution in [2.45, 2.75) is 25.4 Å². The number of carbonyl (C=O) groups is 1. The lowest BCUT2D eigenvalue weighted by Gasteiger charge is -2.23. The molecule has 0 radical (unpaired) electrons. The summed E-state index contributed by atoms with van der Waals surface area (Å²) in [5, 5.41) is 7.90. The summed E-state index contributed by atoms with van der Waals surface area (Å²) in [5.74, 6) is -0.0437. The molecule has 2 aromatic rings. The maximum Gasteiger partial charge on any atom is 0.274 e. The minimum absolute atomic E-state index is 0. The lowest BCUT2D eigenvalue weighted by Crippen LogP contribution is -2.32. The first kappa shape index (κ1) is 20.3. The van der Waals surface area contributed by atoms with Crippen molar-refractivity contribution in [2.75, 3.05) is 39.1 Å². The van der Waals surface area contributed by atoms with Gasteiger partial charge in [0.2, 0.25) is 0 Å². The summed E-state index contributed by atoms with van der Waals surface area (Å²) in [4.78, 5) is 16.5. The molecule has 1 aromatic carbocycles. The Hall–Kier alpha value is -2.05. The molecule has 1 amide bonds. The number of halogens is 1. The molecule has 1 saturated heterocycles. The van der Waals surface area contributed by atoms with E-state index in [0.29, 0.717) is 18.3 Å². The molecule has 6 nitrogen and oxygen atoms in total. The van der Waals surface area contributed by atoms with E-state index in [-0.39, 0.29) is 18.3 Å². The summed E-state index contributed by atoms with van der Waals surface area (Å²) in [6.45, 7) is 2.55. The van der Waals surface area contributed by atoms with Gasteiger partial charge in [0.1, 0.15) is 5.69 Å². The highest BCUT2D eigenvalue weighted by Gasteiger charge is 2.19. The number of anilines is 1. The predicted octanol–water partition coefficient (Wildman–Crippen LogP) is 2.57. The van der Waals surface area contributed by atoms with E-state index in [2.05, 4.69) is 27.4 Å². The molecular formula is C19H28ClN5O. The van der Waals surface area contributed by atoms with E-state index in [1.54, 1.807) is 4.90 Å². The second-order valence-electron chi connectivity index (χ2n) is 6.91. The number of hydrogen-bond acceptors (Lipinski definition) is 4. The number of nitrogens with zero attached hydrogens (tertiary/aromatic N) is 4. The van der Waals surface area contributed by atoms with Gasteiger partial charge in [-0.05, 0) is 43.1 Å². The van der Waals surface area contributed by atoms with Crippen molar-refractivity contribution in [1.82, 2.24) is 20.0 Å². The lowest BCUT2D eigenvalue weighted by atomic mass is 10.1. The fourth-order valence-corrected chi connectivity index (χ4v) is 3.19. The Balaban J connectivity index is 0.00000243. The van der Waals surface area contributed by atoms with Crippen LogP contribution in [-0.2, 0) is 6.54 Å². The van der Waals surface area contributed by atoms with E-state index >= 15 is 0 Å². The molecule has 1 unspecified atom stereocenters. The first-order valence-corrected chi connectivity index (χ1v) is 8.82. The van der Waals surface area contributed by atoms with E-state index in [4.69, 9.17) is 0 Å². The molecule has 0 aliphatic carbocycles. The normalized spacial score (nSPS) is 16.7. The number of carbonyl (C=O) groups excluding carboxylic acids is 1. The molecule has 142 valence electrons. The Morgan fingerprint density at radius 1 is 1.31 bits per heavy atom. The molecule has 1 N–H and O–H groups in total. The van der Waals surface area contributed by atoms with Gasteiger partial charge in [0, 0.05) is 46.1 Å². The van der Waals surface area contributed by atoms with E-state index in [1.165, 1.54) is 0 Å². The van der Waals surface area contributed by atoms with Crippen molar-refractivity contribution in [3.8, 4) is 0 Å². The van der Waals surface area contributed by atoms with Crippen molar-refractivity contribution < 1.29 is 4.79 Å². The zero-order valence-corrected chi connectivity index (χ0v) is 16.5. The smallest absolute Gasteiger partial charge is 0.274 e. The molecule has 0 saturated carbocycles. The zero-order valence-electron chi connectivity index (χ0n) is 15.7. The average molecular weight is 378 g/mol. The zero-order chi connectivity index (χ0) is 17.8. The monoisotopic (exact) mass is 377 g/mol. The molecule has 0 spiro atoms. The van der Waals surface area contributed by atoms with E-state index < -0.39 is 0 Å². The molecule has 1 atom stereocenters. The molecular weight excluding hydrogens is 350 g/mol. The van der Waals surface area contributed by atoms with Gasteiger partial charge in [-0.3, -0.25) is 9.48 Å². The van der Waals surface area contributed by atoms with Crippen LogP contribution < -0.4 is 10.2 Å². The Kier molecular flexibility index (Phi) is 7.06. The highest BCUT2D eigenvalue weighted by Crippen LogP contribution is 2.18. The molecule has 1 aliphatic rings. The molecule has 1 aliphatic heterocycles. The summed E-state index contributed by atoms with van der Waals surface area (Å²) in [6.07, 6.45) is 4.18. The van der Waals surface area contributed by atoms with Gasteiger partial charge in [-0.15, -0.1) is 12.4 Å². The van der Waals surface area contributed by atoms with E-state index in [1.807, 2.05) is 50.2 Å². The Bertz CT molecular complexity index is 724. The third-order valence-corrected chi connectivity index (χ3v) is 4.67. The quantitative estimate of drug-likeness (QED) is 0.870. The van der Waals surface area contributed by atoms with Crippen LogP contribution in [0.1, 0.15) is 34.9 Å². The molecule has 7 heteroatoms. The van der Waals surface area contributed by atoms with Gasteiger partial charge in [0.25, 0.3) is 5.91 Å². The number of piperidine rings is 1. The third-order valence-electron chi connectivity index (χ3n) is 4.67. The molecule has 3 rings (SSSR count). The summed E-state index contributed by atoms with van der Waals surface area (Å²) in [7, 11) is 5.85. The van der Waals surface area contributed by atoms with Crippen molar-refractivity contribution in [1.29, 1.82) is 0 Å². The first-order valence-electron chi connectivity index (χ1n) is 8.82. The highest BCUT2D eigenvalue weighted by atomic mass is 35.5. The molecule has 0 bridgehead atoms. The van der Waals surface area contributed by atoms with Crippen LogP contribution in [0, 0.1) is 0 Å². The highest BCUT2D eigenvalue weighted by molar-refractivity contribution is 5.92. The maximum absolute atomic E-state index is 12.7. The van der Waals surface area contributed by atoms with Gasteiger partial charge in [0.05, 0.1) is 6.04 Å². The van der Waals surface area contributed by atoms with Crippen LogP contribution in [0.2, 0.25) is 0 Å². The average Bonchev–Trinajstić information content (AvgIpc) is 3.12. The van der Waals surface area contributed by atoms with Gasteiger partial charge in [-0.25, -0.2) is 0 Å². The van der Waals surface area contributed by atoms with Crippen LogP contribution in [0.3, 0.4) is 0 Å². The number of nitrogens with one attached hydrogen (secondary N) is 1. The standard InChI is InChI=1S/C19H27N5O.ClH/c1-22(2)16-7-4-6-15(12-16)14-23(3)19(25)18-9-11-24(21-18)17-8-5-10-20-13-17;/h4,6-7,9,11-12,17,20H,5,8,10,13-14H2,1-3H3;1H. The van der Waals surface area contributed by atoms with Crippen LogP contribution >= 0.6 is 12.4 Å². The van der Waals surface area contributed by atoms with E-state index in [0.717, 1.165) is 37.2 Å². The van der Waals surface area contributed by atoms with Crippen LogP contribution in [-0.4, -0.2) is 54.8 Å². The largest absolute Gasteiger partial charge is 0.378 e. The number of aromatic nitrogens is 2. The number of rotatable bonds is 5. The fourth-order valence-electron chi connectivity index (χ4n) is 3.19. The third kappa shape index (κ3) is 4.77. The van der Waals surface area contributed by atoms with Gasteiger partial charge in [0.15, 0.2) is 0 Å². The molecule has 26 heavy (non-hydrogen) atoms. The molecule has 1 aromatic heterocycles. The Labute approximate surface area is 161 Å². The lowest BCUT2D eigenvalue weighted by molar-refractivity contribution is 0.0778. The van der Waals surface area contributed by atoms with Crippen LogP contribution in [0.15, 0.2) is 36.5 Å². The summed E-state index contributed by atoms with van der Waals surface area (Å²) in [6, 6.07) is 10.4. The Morgan fingerprint density at radius 3 is 2.81 bits per heavy atom. The Morgan fingerprint density at radius 2 is 2.12 bits per heavy atom. The summed E-state index contributed by atoms with van der Waals surface area (Å²) < 4.78 is 1.93. The van der Waals surface area contributed by atoms with Crippen molar-refractivity contribution in [3.05, 3.63) is 47.8 Å². The van der Waals surface area contributed by atoms with Gasteiger partial charge in [-0.2, -0.15) is 5.10 Å². The SMILES string of the molecule is CN(Cc1cccc(N(C)C)c1)C(=O)c1ccn(C2CCCNC2)n1.Cl. The minimum Gasteiger partial charge on any atom is -0.378 e. The van der Waals surface area contributed by atoms with Crippen LogP contribution in [0.5, 0.6) is 0 Å².